The van der Waals surface area contributed by atoms with Crippen LogP contribution in [0.25, 0.3) is 6.08 Å². The van der Waals surface area contributed by atoms with E-state index in [4.69, 9.17) is 32.7 Å². The molecule has 200 valence electrons. The molecule has 3 aromatic carbocycles. The standard InChI is InChI=1S/C27H20Cl2IN3O6/c1-14-3-4-17(29)12-21(14)33-26(36)19(25(35)32-27(33)37)9-15-10-20(30)24(22(11-15)38-2)39-13-23(34)31-18-7-5-16(28)6-8-18/h3-12H,13H2,1-2H3,(H,31,34)(H,32,35,37)/b19-9+. The molecule has 1 saturated heterocycles. The number of benzene rings is 3. The van der Waals surface area contributed by atoms with Crippen LogP contribution in [-0.2, 0) is 14.4 Å². The maximum absolute atomic E-state index is 13.3. The van der Waals surface area contributed by atoms with Crippen LogP contribution in [0, 0.1) is 10.5 Å². The third-order valence-corrected chi connectivity index (χ3v) is 6.84. The molecule has 0 aliphatic carbocycles. The zero-order chi connectivity index (χ0) is 28.3. The normalized spacial score (nSPS) is 14.3. The molecule has 3 aromatic rings. The molecule has 0 radical (unpaired) electrons. The number of barbiturate groups is 1. The Morgan fingerprint density at radius 3 is 2.44 bits per heavy atom. The highest BCUT2D eigenvalue weighted by molar-refractivity contribution is 14.1. The van der Waals surface area contributed by atoms with Crippen molar-refractivity contribution in [1.82, 2.24) is 5.32 Å². The van der Waals surface area contributed by atoms with Crippen molar-refractivity contribution in [2.45, 2.75) is 6.92 Å². The smallest absolute Gasteiger partial charge is 0.335 e. The summed E-state index contributed by atoms with van der Waals surface area (Å²) in [4.78, 5) is 51.7. The lowest BCUT2D eigenvalue weighted by Gasteiger charge is -2.27. The summed E-state index contributed by atoms with van der Waals surface area (Å²) in [5, 5.41) is 5.77. The number of hydrogen-bond acceptors (Lipinski definition) is 6. The van der Waals surface area contributed by atoms with Crippen LogP contribution in [0.4, 0.5) is 16.2 Å². The number of methoxy groups -OCH3 is 1. The average molecular weight is 680 g/mol. The molecule has 0 saturated carbocycles. The second-order valence-electron chi connectivity index (χ2n) is 8.27. The third-order valence-electron chi connectivity index (χ3n) is 5.55. The average Bonchev–Trinajstić information content (AvgIpc) is 2.88. The Kier molecular flexibility index (Phi) is 8.78. The number of carbonyl (C=O) groups is 4. The number of hydrogen-bond donors (Lipinski definition) is 2. The van der Waals surface area contributed by atoms with E-state index < -0.39 is 23.8 Å². The van der Waals surface area contributed by atoms with Gasteiger partial charge in [-0.05, 0) is 95.2 Å². The molecule has 2 N–H and O–H groups in total. The number of urea groups is 1. The summed E-state index contributed by atoms with van der Waals surface area (Å²) in [6.07, 6.45) is 1.35. The fourth-order valence-electron chi connectivity index (χ4n) is 3.70. The Morgan fingerprint density at radius 2 is 1.74 bits per heavy atom. The molecule has 5 amide bonds. The molecule has 0 aromatic heterocycles. The summed E-state index contributed by atoms with van der Waals surface area (Å²) in [5.74, 6) is -1.46. The fourth-order valence-corrected chi connectivity index (χ4v) is 4.77. The number of amides is 5. The van der Waals surface area contributed by atoms with Crippen molar-refractivity contribution in [3.63, 3.8) is 0 Å². The molecule has 4 rings (SSSR count). The minimum Gasteiger partial charge on any atom is -0.493 e. The molecule has 1 aliphatic rings. The first-order chi connectivity index (χ1) is 18.6. The van der Waals surface area contributed by atoms with E-state index in [-0.39, 0.29) is 23.6 Å². The monoisotopic (exact) mass is 679 g/mol. The minimum atomic E-state index is -0.875. The van der Waals surface area contributed by atoms with E-state index in [1.165, 1.54) is 19.3 Å². The lowest BCUT2D eigenvalue weighted by atomic mass is 10.1. The molecule has 9 nitrogen and oxygen atoms in total. The highest BCUT2D eigenvalue weighted by Crippen LogP contribution is 2.35. The van der Waals surface area contributed by atoms with Gasteiger partial charge in [0.15, 0.2) is 18.1 Å². The molecule has 1 heterocycles. The number of imide groups is 2. The Hall–Kier alpha value is -3.61. The number of halogens is 3. The van der Waals surface area contributed by atoms with Crippen molar-refractivity contribution in [2.24, 2.45) is 0 Å². The van der Waals surface area contributed by atoms with Gasteiger partial charge in [-0.3, -0.25) is 19.7 Å². The summed E-state index contributed by atoms with van der Waals surface area (Å²) >= 11 is 13.9. The Labute approximate surface area is 247 Å². The SMILES string of the molecule is COc1cc(/C=C2\C(=O)NC(=O)N(c3cc(Cl)ccc3C)C2=O)cc(I)c1OCC(=O)Nc1ccc(Cl)cc1. The van der Waals surface area contributed by atoms with Gasteiger partial charge in [-0.1, -0.05) is 29.3 Å². The highest BCUT2D eigenvalue weighted by atomic mass is 127. The lowest BCUT2D eigenvalue weighted by Crippen LogP contribution is -2.54. The lowest BCUT2D eigenvalue weighted by molar-refractivity contribution is -0.122. The van der Waals surface area contributed by atoms with Gasteiger partial charge in [-0.15, -0.1) is 0 Å². The van der Waals surface area contributed by atoms with E-state index in [1.807, 2.05) is 22.6 Å². The van der Waals surface area contributed by atoms with Crippen molar-refractivity contribution >= 4 is 87.0 Å². The summed E-state index contributed by atoms with van der Waals surface area (Å²) < 4.78 is 11.7. The number of rotatable bonds is 7. The summed E-state index contributed by atoms with van der Waals surface area (Å²) in [6.45, 7) is 1.42. The zero-order valence-corrected chi connectivity index (χ0v) is 24.2. The predicted molar refractivity (Wildman–Crippen MR) is 156 cm³/mol. The maximum Gasteiger partial charge on any atom is 0.335 e. The molecular weight excluding hydrogens is 660 g/mol. The number of aryl methyl sites for hydroxylation is 1. The van der Waals surface area contributed by atoms with Crippen molar-refractivity contribution in [1.29, 1.82) is 0 Å². The molecule has 1 fully saturated rings. The van der Waals surface area contributed by atoms with Crippen LogP contribution in [0.15, 0.2) is 60.2 Å². The molecule has 0 atom stereocenters. The van der Waals surface area contributed by atoms with Crippen molar-refractivity contribution in [3.8, 4) is 11.5 Å². The van der Waals surface area contributed by atoms with E-state index in [2.05, 4.69) is 10.6 Å². The van der Waals surface area contributed by atoms with Crippen LogP contribution < -0.4 is 25.0 Å². The summed E-state index contributed by atoms with van der Waals surface area (Å²) in [7, 11) is 1.42. The van der Waals surface area contributed by atoms with E-state index in [0.717, 1.165) is 4.90 Å². The van der Waals surface area contributed by atoms with E-state index in [9.17, 15) is 19.2 Å². The van der Waals surface area contributed by atoms with Gasteiger partial charge in [0.1, 0.15) is 5.57 Å². The van der Waals surface area contributed by atoms with Crippen LogP contribution in [0.2, 0.25) is 10.0 Å². The molecule has 39 heavy (non-hydrogen) atoms. The molecule has 0 unspecified atom stereocenters. The number of nitrogens with one attached hydrogen (secondary N) is 2. The van der Waals surface area contributed by atoms with E-state index in [1.54, 1.807) is 55.5 Å². The first-order valence-electron chi connectivity index (χ1n) is 11.3. The largest absolute Gasteiger partial charge is 0.493 e. The zero-order valence-electron chi connectivity index (χ0n) is 20.5. The molecular formula is C27H20Cl2IN3O6. The third kappa shape index (κ3) is 6.52. The Balaban J connectivity index is 1.57. The predicted octanol–water partition coefficient (Wildman–Crippen LogP) is 5.60. The number of anilines is 2. The van der Waals surface area contributed by atoms with Gasteiger partial charge in [0.2, 0.25) is 0 Å². The van der Waals surface area contributed by atoms with Gasteiger partial charge < -0.3 is 14.8 Å². The van der Waals surface area contributed by atoms with Crippen LogP contribution in [0.1, 0.15) is 11.1 Å². The van der Waals surface area contributed by atoms with Gasteiger partial charge in [0.05, 0.1) is 16.4 Å². The minimum absolute atomic E-state index is 0.260. The van der Waals surface area contributed by atoms with Gasteiger partial charge in [-0.2, -0.15) is 0 Å². The van der Waals surface area contributed by atoms with E-state index >= 15 is 0 Å². The fraction of sp³-hybridized carbons (Fsp3) is 0.111. The van der Waals surface area contributed by atoms with Crippen LogP contribution in [0.3, 0.4) is 0 Å². The molecule has 0 spiro atoms. The highest BCUT2D eigenvalue weighted by Gasteiger charge is 2.37. The molecule has 12 heteroatoms. The Bertz CT molecular complexity index is 1520. The van der Waals surface area contributed by atoms with Crippen molar-refractivity contribution in [2.75, 3.05) is 23.9 Å². The summed E-state index contributed by atoms with van der Waals surface area (Å²) in [6, 6.07) is 13.7. The molecule has 1 aliphatic heterocycles. The van der Waals surface area contributed by atoms with Crippen LogP contribution in [-0.4, -0.2) is 37.5 Å². The topological polar surface area (TPSA) is 114 Å². The maximum atomic E-state index is 13.3. The van der Waals surface area contributed by atoms with Crippen molar-refractivity contribution < 1.29 is 28.7 Å². The molecule has 0 bridgehead atoms. The second-order valence-corrected chi connectivity index (χ2v) is 10.3. The van der Waals surface area contributed by atoms with Gasteiger partial charge in [0.25, 0.3) is 17.7 Å². The van der Waals surface area contributed by atoms with Crippen LogP contribution in [0.5, 0.6) is 11.5 Å². The van der Waals surface area contributed by atoms with E-state index in [0.29, 0.717) is 36.2 Å². The number of nitrogens with zero attached hydrogens (tertiary/aromatic N) is 1. The van der Waals surface area contributed by atoms with Crippen molar-refractivity contribution in [3.05, 3.63) is 84.9 Å². The Morgan fingerprint density at radius 1 is 1.05 bits per heavy atom. The number of ether oxygens (including phenoxy) is 2. The second kappa shape index (κ2) is 12.1. The van der Waals surface area contributed by atoms with Gasteiger partial charge in [0, 0.05) is 15.7 Å². The quantitative estimate of drug-likeness (QED) is 0.191. The van der Waals surface area contributed by atoms with Gasteiger partial charge >= 0.3 is 6.03 Å². The van der Waals surface area contributed by atoms with Gasteiger partial charge in [-0.25, -0.2) is 9.69 Å². The first-order valence-corrected chi connectivity index (χ1v) is 13.1. The van der Waals surface area contributed by atoms with Crippen LogP contribution >= 0.6 is 45.8 Å². The number of carbonyl (C=O) groups excluding carboxylic acids is 4. The summed E-state index contributed by atoms with van der Waals surface area (Å²) in [5.41, 5.74) is 1.62. The first kappa shape index (κ1) is 28.4.